The van der Waals surface area contributed by atoms with E-state index < -0.39 is 5.63 Å². The maximum absolute atomic E-state index is 11.6. The molecule has 1 aromatic carbocycles. The van der Waals surface area contributed by atoms with Gasteiger partial charge in [-0.3, -0.25) is 0 Å². The van der Waals surface area contributed by atoms with Gasteiger partial charge in [0.05, 0.1) is 0 Å². The number of aromatic hydroxyl groups is 1. The van der Waals surface area contributed by atoms with Gasteiger partial charge in [0, 0.05) is 5.39 Å². The lowest BCUT2D eigenvalue weighted by molar-refractivity contribution is 0.462. The Morgan fingerprint density at radius 3 is 2.59 bits per heavy atom. The fraction of sp³-hybridized carbons (Fsp3) is 0.250. The van der Waals surface area contributed by atoms with Crippen molar-refractivity contribution < 1.29 is 9.52 Å². The van der Waals surface area contributed by atoms with Crippen LogP contribution in [0.1, 0.15) is 18.1 Å². The van der Waals surface area contributed by atoms with Crippen molar-refractivity contribution in [2.24, 2.45) is 0 Å². The lowest BCUT2D eigenvalue weighted by atomic mass is 10.1. The van der Waals surface area contributed by atoms with E-state index >= 15 is 0 Å². The van der Waals surface area contributed by atoms with Crippen LogP contribution in [0.15, 0.2) is 24.2 Å². The molecule has 0 saturated carbocycles. The zero-order valence-electron chi connectivity index (χ0n) is 9.30. The van der Waals surface area contributed by atoms with Crippen molar-refractivity contribution >= 4 is 42.8 Å². The summed E-state index contributed by atoms with van der Waals surface area (Å²) < 4.78 is 6.03. The van der Waals surface area contributed by atoms with E-state index in [-0.39, 0.29) is 5.75 Å². The number of benzene rings is 1. The van der Waals surface area contributed by atoms with Gasteiger partial charge in [-0.05, 0) is 62.4 Å². The van der Waals surface area contributed by atoms with Gasteiger partial charge in [0.15, 0.2) is 5.58 Å². The predicted octanol–water partition coefficient (Wildman–Crippen LogP) is 3.89. The monoisotopic (exact) mass is 360 g/mol. The van der Waals surface area contributed by atoms with Gasteiger partial charge in [0.25, 0.3) is 0 Å². The molecule has 0 aliphatic heterocycles. The highest BCUT2D eigenvalue weighted by atomic mass is 79.9. The second kappa shape index (κ2) is 4.46. The van der Waals surface area contributed by atoms with E-state index in [1.807, 2.05) is 19.9 Å². The quantitative estimate of drug-likeness (QED) is 0.784. The molecule has 1 N–H and O–H groups in total. The third kappa shape index (κ3) is 1.91. The highest BCUT2D eigenvalue weighted by molar-refractivity contribution is 9.11. The average Bonchev–Trinajstić information content (AvgIpc) is 2.32. The zero-order chi connectivity index (χ0) is 12.7. The molecule has 2 aromatic rings. The summed E-state index contributed by atoms with van der Waals surface area (Å²) in [7, 11) is 0. The van der Waals surface area contributed by atoms with Gasteiger partial charge < -0.3 is 9.52 Å². The summed E-state index contributed by atoms with van der Waals surface area (Å²) in [4.78, 5) is 11.6. The molecule has 1 heterocycles. The van der Waals surface area contributed by atoms with Crippen LogP contribution >= 0.6 is 31.9 Å². The third-order valence-corrected chi connectivity index (χ3v) is 4.42. The van der Waals surface area contributed by atoms with E-state index in [0.717, 1.165) is 16.5 Å². The van der Waals surface area contributed by atoms with Gasteiger partial charge in [-0.25, -0.2) is 4.79 Å². The fourth-order valence-electron chi connectivity index (χ4n) is 1.73. The van der Waals surface area contributed by atoms with Crippen molar-refractivity contribution in [2.45, 2.75) is 20.3 Å². The summed E-state index contributed by atoms with van der Waals surface area (Å²) in [6.45, 7) is 3.79. The van der Waals surface area contributed by atoms with Crippen LogP contribution in [-0.2, 0) is 6.42 Å². The molecule has 90 valence electrons. The van der Waals surface area contributed by atoms with Gasteiger partial charge in [0.2, 0.25) is 0 Å². The summed E-state index contributed by atoms with van der Waals surface area (Å²) >= 11 is 6.47. The van der Waals surface area contributed by atoms with Gasteiger partial charge >= 0.3 is 5.63 Å². The molecule has 17 heavy (non-hydrogen) atoms. The summed E-state index contributed by atoms with van der Waals surface area (Å²) in [5.74, 6) is 0.130. The molecule has 0 radical (unpaired) electrons. The fourth-order valence-corrected chi connectivity index (χ4v) is 2.58. The summed E-state index contributed by atoms with van der Waals surface area (Å²) in [5.41, 5.74) is 1.56. The maximum atomic E-state index is 11.6. The van der Waals surface area contributed by atoms with Crippen molar-refractivity contribution in [3.05, 3.63) is 36.6 Å². The highest BCUT2D eigenvalue weighted by Crippen LogP contribution is 2.37. The van der Waals surface area contributed by atoms with Crippen LogP contribution in [0.3, 0.4) is 0 Å². The Balaban J connectivity index is 3.02. The molecule has 2 rings (SSSR count). The summed E-state index contributed by atoms with van der Waals surface area (Å²) in [6, 6.07) is 1.85. The number of phenols is 1. The number of halogens is 2. The average molecular weight is 362 g/mol. The van der Waals surface area contributed by atoms with Gasteiger partial charge in [-0.1, -0.05) is 6.92 Å². The molecular weight excluding hydrogens is 352 g/mol. The van der Waals surface area contributed by atoms with Crippen LogP contribution in [0.4, 0.5) is 0 Å². The highest BCUT2D eigenvalue weighted by Gasteiger charge is 2.16. The minimum atomic E-state index is -0.445. The minimum absolute atomic E-state index is 0.130. The molecule has 0 bridgehead atoms. The largest absolute Gasteiger partial charge is 0.506 e. The molecule has 0 spiro atoms. The van der Waals surface area contributed by atoms with Crippen molar-refractivity contribution in [3.63, 3.8) is 0 Å². The SMILES string of the molecule is CCc1cc2c(C)c(Br)c(=O)oc2c(Br)c1O. The van der Waals surface area contributed by atoms with Crippen molar-refractivity contribution in [1.82, 2.24) is 0 Å². The zero-order valence-corrected chi connectivity index (χ0v) is 12.5. The van der Waals surface area contributed by atoms with E-state index in [0.29, 0.717) is 20.9 Å². The first-order valence-corrected chi connectivity index (χ1v) is 6.69. The molecule has 0 aliphatic carbocycles. The number of hydrogen-bond donors (Lipinski definition) is 1. The summed E-state index contributed by atoms with van der Waals surface area (Å²) in [5, 5.41) is 10.7. The smallest absolute Gasteiger partial charge is 0.350 e. The molecule has 0 atom stereocenters. The van der Waals surface area contributed by atoms with Crippen molar-refractivity contribution in [2.75, 3.05) is 0 Å². The standard InChI is InChI=1S/C12H10Br2O3/c1-3-6-4-7-5(2)8(13)12(16)17-11(7)9(14)10(6)15/h4,15H,3H2,1-2H3. The first-order chi connectivity index (χ1) is 7.97. The van der Waals surface area contributed by atoms with Crippen molar-refractivity contribution in [1.29, 1.82) is 0 Å². The van der Waals surface area contributed by atoms with E-state index in [9.17, 15) is 9.90 Å². The second-order valence-electron chi connectivity index (χ2n) is 3.76. The number of hydrogen-bond acceptors (Lipinski definition) is 3. The second-order valence-corrected chi connectivity index (χ2v) is 5.34. The molecule has 0 aliphatic rings. The van der Waals surface area contributed by atoms with Crippen LogP contribution in [-0.4, -0.2) is 5.11 Å². The third-order valence-electron chi connectivity index (χ3n) is 2.76. The Labute approximate surface area is 115 Å². The molecule has 0 amide bonds. The van der Waals surface area contributed by atoms with E-state index in [2.05, 4.69) is 31.9 Å². The molecule has 5 heteroatoms. The van der Waals surface area contributed by atoms with Gasteiger partial charge in [-0.2, -0.15) is 0 Å². The first kappa shape index (κ1) is 12.6. The van der Waals surface area contributed by atoms with E-state index in [1.54, 1.807) is 0 Å². The number of rotatable bonds is 1. The molecule has 0 fully saturated rings. The first-order valence-electron chi connectivity index (χ1n) is 5.10. The molecule has 3 nitrogen and oxygen atoms in total. The Hall–Kier alpha value is -0.810. The Morgan fingerprint density at radius 2 is 2.00 bits per heavy atom. The molecule has 0 unspecified atom stereocenters. The van der Waals surface area contributed by atoms with E-state index in [4.69, 9.17) is 4.42 Å². The lowest BCUT2D eigenvalue weighted by Crippen LogP contribution is -2.03. The normalized spacial score (nSPS) is 11.1. The van der Waals surface area contributed by atoms with Gasteiger partial charge in [-0.15, -0.1) is 0 Å². The number of fused-ring (bicyclic) bond motifs is 1. The van der Waals surface area contributed by atoms with Crippen molar-refractivity contribution in [3.8, 4) is 5.75 Å². The van der Waals surface area contributed by atoms with Crippen LogP contribution < -0.4 is 5.63 Å². The topological polar surface area (TPSA) is 50.4 Å². The Morgan fingerprint density at radius 1 is 1.35 bits per heavy atom. The number of aryl methyl sites for hydroxylation is 2. The summed E-state index contributed by atoms with van der Waals surface area (Å²) in [6.07, 6.45) is 0.705. The molecule has 1 aromatic heterocycles. The van der Waals surface area contributed by atoms with Crippen LogP contribution in [0.25, 0.3) is 11.0 Å². The van der Waals surface area contributed by atoms with Crippen LogP contribution in [0.5, 0.6) is 5.75 Å². The lowest BCUT2D eigenvalue weighted by Gasteiger charge is -2.09. The van der Waals surface area contributed by atoms with E-state index in [1.165, 1.54) is 0 Å². The maximum Gasteiger partial charge on any atom is 0.350 e. The Kier molecular flexibility index (Phi) is 3.32. The van der Waals surface area contributed by atoms with Gasteiger partial charge in [0.1, 0.15) is 14.7 Å². The minimum Gasteiger partial charge on any atom is -0.506 e. The predicted molar refractivity (Wildman–Crippen MR) is 73.7 cm³/mol. The molecular formula is C12H10Br2O3. The Bertz CT molecular complexity index is 659. The van der Waals surface area contributed by atoms with Crippen LogP contribution in [0, 0.1) is 6.92 Å². The number of phenolic OH excluding ortho intramolecular Hbond substituents is 1. The van der Waals surface area contributed by atoms with Crippen LogP contribution in [0.2, 0.25) is 0 Å². The molecule has 0 saturated heterocycles.